The molecule has 2 N–H and O–H groups in total. The predicted octanol–water partition coefficient (Wildman–Crippen LogP) is 1.36. The van der Waals surface area contributed by atoms with E-state index in [4.69, 9.17) is 6.42 Å². The lowest BCUT2D eigenvalue weighted by Gasteiger charge is -2.35. The molecule has 0 aliphatic carbocycles. The minimum atomic E-state index is -1.39. The van der Waals surface area contributed by atoms with Crippen LogP contribution in [0.2, 0.25) is 0 Å². The second kappa shape index (κ2) is 8.68. The molecule has 25 heavy (non-hydrogen) atoms. The van der Waals surface area contributed by atoms with Crippen LogP contribution in [-0.2, 0) is 16.0 Å². The van der Waals surface area contributed by atoms with E-state index >= 15 is 0 Å². The van der Waals surface area contributed by atoms with Crippen molar-refractivity contribution >= 4 is 11.8 Å². The maximum atomic E-state index is 12.6. The van der Waals surface area contributed by atoms with Crippen LogP contribution < -0.4 is 5.32 Å². The van der Waals surface area contributed by atoms with Gasteiger partial charge in [0.15, 0.2) is 0 Å². The molecule has 0 radical (unpaired) electrons. The SMILES string of the molecule is C#CCNC(=O)C1CCN(C(=O)[C@@](C)(O)CCc2ccccc2)CC1. The molecule has 5 heteroatoms. The maximum Gasteiger partial charge on any atom is 0.254 e. The van der Waals surface area contributed by atoms with Gasteiger partial charge in [-0.15, -0.1) is 6.42 Å². The zero-order chi connectivity index (χ0) is 18.3. The second-order valence-corrected chi connectivity index (χ2v) is 6.75. The van der Waals surface area contributed by atoms with Crippen LogP contribution >= 0.6 is 0 Å². The normalized spacial score (nSPS) is 17.4. The number of amides is 2. The number of hydrogen-bond acceptors (Lipinski definition) is 3. The van der Waals surface area contributed by atoms with Crippen molar-refractivity contribution in [1.82, 2.24) is 10.2 Å². The summed E-state index contributed by atoms with van der Waals surface area (Å²) < 4.78 is 0. The number of nitrogens with one attached hydrogen (secondary N) is 1. The number of hydrogen-bond donors (Lipinski definition) is 2. The molecular formula is C20H26N2O3. The molecule has 1 aliphatic heterocycles. The number of aryl methyl sites for hydroxylation is 1. The second-order valence-electron chi connectivity index (χ2n) is 6.75. The lowest BCUT2D eigenvalue weighted by atomic mass is 9.91. The summed E-state index contributed by atoms with van der Waals surface area (Å²) >= 11 is 0. The van der Waals surface area contributed by atoms with Crippen molar-refractivity contribution in [3.05, 3.63) is 35.9 Å². The number of piperidine rings is 1. The minimum absolute atomic E-state index is 0.0547. The minimum Gasteiger partial charge on any atom is -0.380 e. The summed E-state index contributed by atoms with van der Waals surface area (Å²) in [6, 6.07) is 9.81. The van der Waals surface area contributed by atoms with Crippen molar-refractivity contribution in [3.63, 3.8) is 0 Å². The lowest BCUT2D eigenvalue weighted by Crippen LogP contribution is -2.51. The Morgan fingerprint density at radius 3 is 2.56 bits per heavy atom. The highest BCUT2D eigenvalue weighted by atomic mass is 16.3. The molecule has 1 atom stereocenters. The van der Waals surface area contributed by atoms with Gasteiger partial charge in [-0.2, -0.15) is 0 Å². The highest BCUT2D eigenvalue weighted by Gasteiger charge is 2.36. The Labute approximate surface area is 149 Å². The Morgan fingerprint density at radius 2 is 1.96 bits per heavy atom. The lowest BCUT2D eigenvalue weighted by molar-refractivity contribution is -0.152. The first-order chi connectivity index (χ1) is 11.9. The zero-order valence-corrected chi connectivity index (χ0v) is 14.7. The van der Waals surface area contributed by atoms with Crippen molar-refractivity contribution in [2.75, 3.05) is 19.6 Å². The van der Waals surface area contributed by atoms with Gasteiger partial charge in [-0.3, -0.25) is 9.59 Å². The van der Waals surface area contributed by atoms with Crippen LogP contribution in [0.15, 0.2) is 30.3 Å². The summed E-state index contributed by atoms with van der Waals surface area (Å²) in [6.45, 7) is 2.76. The van der Waals surface area contributed by atoms with Crippen molar-refractivity contribution in [1.29, 1.82) is 0 Å². The van der Waals surface area contributed by atoms with Crippen LogP contribution in [-0.4, -0.2) is 47.1 Å². The summed E-state index contributed by atoms with van der Waals surface area (Å²) in [5.41, 5.74) is -0.298. The van der Waals surface area contributed by atoms with Crippen LogP contribution in [0.4, 0.5) is 0 Å². The average Bonchev–Trinajstić information content (AvgIpc) is 2.65. The Morgan fingerprint density at radius 1 is 1.32 bits per heavy atom. The van der Waals surface area contributed by atoms with Crippen molar-refractivity contribution in [2.24, 2.45) is 5.92 Å². The van der Waals surface area contributed by atoms with Crippen LogP contribution in [0.5, 0.6) is 0 Å². The van der Waals surface area contributed by atoms with Crippen LogP contribution in [0.3, 0.4) is 0 Å². The summed E-state index contributed by atoms with van der Waals surface area (Å²) in [5, 5.41) is 13.3. The first-order valence-electron chi connectivity index (χ1n) is 8.71. The van der Waals surface area contributed by atoms with Gasteiger partial charge in [0.1, 0.15) is 5.60 Å². The molecule has 0 unspecified atom stereocenters. The van der Waals surface area contributed by atoms with Gasteiger partial charge in [-0.25, -0.2) is 0 Å². The number of likely N-dealkylation sites (tertiary alicyclic amines) is 1. The molecule has 5 nitrogen and oxygen atoms in total. The van der Waals surface area contributed by atoms with Crippen molar-refractivity contribution in [3.8, 4) is 12.3 Å². The number of nitrogens with zero attached hydrogens (tertiary/aromatic N) is 1. The van der Waals surface area contributed by atoms with E-state index in [2.05, 4.69) is 11.2 Å². The van der Waals surface area contributed by atoms with Crippen LogP contribution in [0, 0.1) is 18.3 Å². The molecule has 134 valence electrons. The fraction of sp³-hybridized carbons (Fsp3) is 0.500. The van der Waals surface area contributed by atoms with E-state index < -0.39 is 5.60 Å². The third-order valence-electron chi connectivity index (χ3n) is 4.72. The van der Waals surface area contributed by atoms with E-state index in [-0.39, 0.29) is 24.3 Å². The fourth-order valence-corrected chi connectivity index (χ4v) is 3.11. The number of aliphatic hydroxyl groups is 1. The van der Waals surface area contributed by atoms with E-state index in [9.17, 15) is 14.7 Å². The molecule has 2 rings (SSSR count). The van der Waals surface area contributed by atoms with Gasteiger partial charge in [0.2, 0.25) is 5.91 Å². The Hall–Kier alpha value is -2.32. The first-order valence-corrected chi connectivity index (χ1v) is 8.71. The van der Waals surface area contributed by atoms with Gasteiger partial charge in [0, 0.05) is 19.0 Å². The smallest absolute Gasteiger partial charge is 0.254 e. The molecule has 1 aromatic carbocycles. The molecule has 1 saturated heterocycles. The van der Waals surface area contributed by atoms with Gasteiger partial charge in [-0.1, -0.05) is 36.3 Å². The third-order valence-corrected chi connectivity index (χ3v) is 4.72. The van der Waals surface area contributed by atoms with E-state index in [0.717, 1.165) is 5.56 Å². The highest BCUT2D eigenvalue weighted by Crippen LogP contribution is 2.23. The van der Waals surface area contributed by atoms with Crippen LogP contribution in [0.25, 0.3) is 0 Å². The number of carbonyl (C=O) groups excluding carboxylic acids is 2. The monoisotopic (exact) mass is 342 g/mol. The molecule has 0 saturated carbocycles. The quantitative estimate of drug-likeness (QED) is 0.767. The zero-order valence-electron chi connectivity index (χ0n) is 14.7. The van der Waals surface area contributed by atoms with Crippen LogP contribution in [0.1, 0.15) is 31.7 Å². The Bertz CT molecular complexity index is 626. The van der Waals surface area contributed by atoms with E-state index in [1.165, 1.54) is 0 Å². The van der Waals surface area contributed by atoms with Crippen molar-refractivity contribution < 1.29 is 14.7 Å². The van der Waals surface area contributed by atoms with E-state index in [1.54, 1.807) is 11.8 Å². The molecule has 2 amide bonds. The fourth-order valence-electron chi connectivity index (χ4n) is 3.11. The molecule has 0 spiro atoms. The average molecular weight is 342 g/mol. The number of carbonyl (C=O) groups is 2. The van der Waals surface area contributed by atoms with Gasteiger partial charge in [0.25, 0.3) is 5.91 Å². The van der Waals surface area contributed by atoms with Gasteiger partial charge >= 0.3 is 0 Å². The topological polar surface area (TPSA) is 69.6 Å². The first kappa shape index (κ1) is 19.0. The molecule has 0 bridgehead atoms. The number of rotatable bonds is 6. The van der Waals surface area contributed by atoms with E-state index in [0.29, 0.717) is 38.8 Å². The molecule has 1 aliphatic rings. The van der Waals surface area contributed by atoms with E-state index in [1.807, 2.05) is 30.3 Å². The number of terminal acetylenes is 1. The summed E-state index contributed by atoms with van der Waals surface area (Å²) in [7, 11) is 0. The molecule has 1 fully saturated rings. The van der Waals surface area contributed by atoms with Crippen molar-refractivity contribution in [2.45, 2.75) is 38.2 Å². The largest absolute Gasteiger partial charge is 0.380 e. The van der Waals surface area contributed by atoms with Gasteiger partial charge < -0.3 is 15.3 Å². The molecule has 0 aromatic heterocycles. The number of benzene rings is 1. The Kier molecular flexibility index (Phi) is 6.60. The van der Waals surface area contributed by atoms with Gasteiger partial charge in [0.05, 0.1) is 6.54 Å². The maximum absolute atomic E-state index is 12.6. The summed E-state index contributed by atoms with van der Waals surface area (Å²) in [6.07, 6.45) is 7.35. The third kappa shape index (κ3) is 5.33. The standard InChI is InChI=1S/C20H26N2O3/c1-3-13-21-18(23)17-10-14-22(15-11-17)19(24)20(2,25)12-9-16-7-5-4-6-8-16/h1,4-8,17,25H,9-15H2,2H3,(H,21,23)/t20-/m0/s1. The summed E-state index contributed by atoms with van der Waals surface area (Å²) in [5.74, 6) is 1.95. The summed E-state index contributed by atoms with van der Waals surface area (Å²) in [4.78, 5) is 26.2. The predicted molar refractivity (Wildman–Crippen MR) is 96.5 cm³/mol. The molecule has 1 aromatic rings. The van der Waals surface area contributed by atoms with Gasteiger partial charge in [-0.05, 0) is 38.2 Å². The highest BCUT2D eigenvalue weighted by molar-refractivity contribution is 5.85. The molecule has 1 heterocycles. The Balaban J connectivity index is 1.84. The molecular weight excluding hydrogens is 316 g/mol.